The van der Waals surface area contributed by atoms with E-state index in [1.54, 1.807) is 18.2 Å². The number of rotatable bonds is 4. The summed E-state index contributed by atoms with van der Waals surface area (Å²) in [6.07, 6.45) is 3.84. The average molecular weight is 418 g/mol. The van der Waals surface area contributed by atoms with Gasteiger partial charge in [0.05, 0.1) is 19.3 Å². The second-order valence-electron chi connectivity index (χ2n) is 8.17. The second-order valence-corrected chi connectivity index (χ2v) is 8.17. The summed E-state index contributed by atoms with van der Waals surface area (Å²) in [7, 11) is 0. The van der Waals surface area contributed by atoms with Crippen LogP contribution in [-0.2, 0) is 14.2 Å². The van der Waals surface area contributed by atoms with Crippen molar-refractivity contribution >= 4 is 12.0 Å². The fraction of sp³-hybridized carbons (Fsp3) is 0.619. The number of ether oxygens (including phenoxy) is 5. The molecule has 4 atom stereocenters. The summed E-state index contributed by atoms with van der Waals surface area (Å²) in [5.41, 5.74) is 0.473. The first-order valence-electron chi connectivity index (χ1n) is 10.6. The van der Waals surface area contributed by atoms with Gasteiger partial charge in [-0.25, -0.2) is 4.79 Å². The van der Waals surface area contributed by atoms with Crippen molar-refractivity contribution in [1.82, 2.24) is 10.6 Å². The molecule has 2 N–H and O–H groups in total. The van der Waals surface area contributed by atoms with Crippen LogP contribution in [0.15, 0.2) is 18.2 Å². The summed E-state index contributed by atoms with van der Waals surface area (Å²) >= 11 is 0. The van der Waals surface area contributed by atoms with Crippen LogP contribution >= 0.6 is 0 Å². The molecule has 1 aromatic carbocycles. The van der Waals surface area contributed by atoms with Crippen molar-refractivity contribution < 1.29 is 33.3 Å². The van der Waals surface area contributed by atoms with Crippen molar-refractivity contribution in [2.24, 2.45) is 0 Å². The van der Waals surface area contributed by atoms with E-state index in [0.717, 1.165) is 25.7 Å². The van der Waals surface area contributed by atoms with Crippen LogP contribution in [0.3, 0.4) is 0 Å². The molecule has 162 valence electrons. The maximum atomic E-state index is 12.7. The van der Waals surface area contributed by atoms with Crippen LogP contribution in [0.2, 0.25) is 0 Å². The van der Waals surface area contributed by atoms with E-state index in [-0.39, 0.29) is 43.6 Å². The van der Waals surface area contributed by atoms with Gasteiger partial charge in [0.2, 0.25) is 6.79 Å². The molecule has 1 saturated carbocycles. The van der Waals surface area contributed by atoms with E-state index in [9.17, 15) is 9.59 Å². The van der Waals surface area contributed by atoms with Crippen molar-refractivity contribution in [1.29, 1.82) is 0 Å². The summed E-state index contributed by atoms with van der Waals surface area (Å²) in [5.74, 6) is 0.935. The van der Waals surface area contributed by atoms with Gasteiger partial charge in [0.15, 0.2) is 17.6 Å². The van der Waals surface area contributed by atoms with Crippen molar-refractivity contribution in [3.05, 3.63) is 23.8 Å². The number of carbonyl (C=O) groups excluding carboxylic acids is 2. The summed E-state index contributed by atoms with van der Waals surface area (Å²) in [5, 5.41) is 5.90. The minimum atomic E-state index is -0.481. The number of amides is 2. The molecule has 1 aromatic rings. The van der Waals surface area contributed by atoms with Gasteiger partial charge in [-0.1, -0.05) is 19.3 Å². The average Bonchev–Trinajstić information content (AvgIpc) is 3.47. The van der Waals surface area contributed by atoms with Gasteiger partial charge in [-0.2, -0.15) is 0 Å². The van der Waals surface area contributed by atoms with E-state index in [2.05, 4.69) is 10.6 Å². The molecule has 30 heavy (non-hydrogen) atoms. The highest BCUT2D eigenvalue weighted by molar-refractivity contribution is 5.95. The summed E-state index contributed by atoms with van der Waals surface area (Å²) in [6, 6.07) is 4.92. The molecular formula is C21H26N2O7. The third-order valence-corrected chi connectivity index (χ3v) is 6.14. The number of nitrogens with one attached hydrogen (secondary N) is 2. The third-order valence-electron chi connectivity index (χ3n) is 6.14. The summed E-state index contributed by atoms with van der Waals surface area (Å²) in [6.45, 7) is 0.712. The Morgan fingerprint density at radius 3 is 2.60 bits per heavy atom. The molecule has 0 spiro atoms. The molecular weight excluding hydrogens is 392 g/mol. The van der Waals surface area contributed by atoms with Crippen molar-refractivity contribution in [3.8, 4) is 11.5 Å². The molecule has 0 aromatic heterocycles. The highest BCUT2D eigenvalue weighted by atomic mass is 16.7. The van der Waals surface area contributed by atoms with Crippen molar-refractivity contribution in [2.45, 2.75) is 62.5 Å². The predicted octanol–water partition coefficient (Wildman–Crippen LogP) is 1.74. The molecule has 1 aliphatic carbocycles. The maximum absolute atomic E-state index is 12.7. The van der Waals surface area contributed by atoms with Crippen molar-refractivity contribution in [2.75, 3.05) is 20.0 Å². The van der Waals surface area contributed by atoms with Gasteiger partial charge in [0.25, 0.3) is 5.91 Å². The minimum absolute atomic E-state index is 0.157. The van der Waals surface area contributed by atoms with E-state index in [0.29, 0.717) is 23.7 Å². The maximum Gasteiger partial charge on any atom is 0.407 e. The van der Waals surface area contributed by atoms with E-state index in [1.807, 2.05) is 0 Å². The van der Waals surface area contributed by atoms with Gasteiger partial charge in [-0.3, -0.25) is 4.79 Å². The number of alkyl carbamates (subject to hydrolysis) is 1. The Labute approximate surface area is 174 Å². The number of hydrogen-bond donors (Lipinski definition) is 2. The monoisotopic (exact) mass is 418 g/mol. The standard InChI is InChI=1S/C21H26N2O7/c24-20(12-6-7-15-16(8-12)29-11-28-15)23-14-9-26-19-17(10-27-18(14)19)30-21(25)22-13-4-2-1-3-5-13/h6-8,13-14,17-19H,1-5,9-11H2,(H,22,25)(H,23,24). The normalized spacial score (nSPS) is 30.0. The highest BCUT2D eigenvalue weighted by Gasteiger charge is 2.50. The second kappa shape index (κ2) is 8.31. The molecule has 9 heteroatoms. The van der Waals surface area contributed by atoms with Crippen LogP contribution in [0.1, 0.15) is 42.5 Å². The molecule has 0 radical (unpaired) electrons. The Morgan fingerprint density at radius 1 is 0.933 bits per heavy atom. The Kier molecular flexibility index (Phi) is 5.39. The molecule has 0 bridgehead atoms. The van der Waals surface area contributed by atoms with Crippen LogP contribution in [0.25, 0.3) is 0 Å². The van der Waals surface area contributed by atoms with Gasteiger partial charge in [0, 0.05) is 11.6 Å². The zero-order valence-corrected chi connectivity index (χ0v) is 16.6. The Bertz CT molecular complexity index is 811. The highest BCUT2D eigenvalue weighted by Crippen LogP contribution is 2.33. The van der Waals surface area contributed by atoms with Gasteiger partial charge >= 0.3 is 6.09 Å². The molecule has 3 heterocycles. The lowest BCUT2D eigenvalue weighted by Gasteiger charge is -2.24. The lowest BCUT2D eigenvalue weighted by atomic mass is 9.96. The SMILES string of the molecule is O=C(NC1CCCCC1)OC1COC2C(NC(=O)c3ccc4c(c3)OCO4)COC12. The fourth-order valence-electron chi connectivity index (χ4n) is 4.56. The first-order valence-corrected chi connectivity index (χ1v) is 10.6. The summed E-state index contributed by atoms with van der Waals surface area (Å²) in [4.78, 5) is 24.9. The van der Waals surface area contributed by atoms with Crippen LogP contribution in [0.4, 0.5) is 4.79 Å². The number of benzene rings is 1. The topological polar surface area (TPSA) is 104 Å². The number of carbonyl (C=O) groups is 2. The molecule has 4 unspecified atom stereocenters. The molecule has 2 amide bonds. The van der Waals surface area contributed by atoms with Gasteiger partial charge in [-0.15, -0.1) is 0 Å². The van der Waals surface area contributed by atoms with Crippen LogP contribution in [0, 0.1) is 0 Å². The zero-order chi connectivity index (χ0) is 20.5. The zero-order valence-electron chi connectivity index (χ0n) is 16.6. The fourth-order valence-corrected chi connectivity index (χ4v) is 4.56. The molecule has 3 fully saturated rings. The minimum Gasteiger partial charge on any atom is -0.454 e. The smallest absolute Gasteiger partial charge is 0.407 e. The Morgan fingerprint density at radius 2 is 1.73 bits per heavy atom. The van der Waals surface area contributed by atoms with Gasteiger partial charge < -0.3 is 34.3 Å². The Hall–Kier alpha value is -2.52. The molecule has 5 rings (SSSR count). The lowest BCUT2D eigenvalue weighted by molar-refractivity contribution is 0.00260. The summed E-state index contributed by atoms with van der Waals surface area (Å²) < 4.78 is 27.8. The van der Waals surface area contributed by atoms with E-state index in [1.165, 1.54) is 6.42 Å². The van der Waals surface area contributed by atoms with E-state index >= 15 is 0 Å². The molecule has 3 aliphatic heterocycles. The predicted molar refractivity (Wildman–Crippen MR) is 104 cm³/mol. The molecule has 4 aliphatic rings. The Balaban J connectivity index is 1.14. The van der Waals surface area contributed by atoms with Crippen LogP contribution in [0.5, 0.6) is 11.5 Å². The lowest BCUT2D eigenvalue weighted by Crippen LogP contribution is -2.45. The molecule has 9 nitrogen and oxygen atoms in total. The largest absolute Gasteiger partial charge is 0.454 e. The van der Waals surface area contributed by atoms with E-state index < -0.39 is 12.2 Å². The van der Waals surface area contributed by atoms with Crippen LogP contribution < -0.4 is 20.1 Å². The van der Waals surface area contributed by atoms with Gasteiger partial charge in [-0.05, 0) is 31.0 Å². The first-order chi connectivity index (χ1) is 14.7. The number of fused-ring (bicyclic) bond motifs is 2. The van der Waals surface area contributed by atoms with Gasteiger partial charge in [0.1, 0.15) is 12.2 Å². The van der Waals surface area contributed by atoms with E-state index in [4.69, 9.17) is 23.7 Å². The third kappa shape index (κ3) is 3.91. The first kappa shape index (κ1) is 19.4. The molecule has 2 saturated heterocycles. The quantitative estimate of drug-likeness (QED) is 0.767. The number of hydrogen-bond acceptors (Lipinski definition) is 7. The van der Waals surface area contributed by atoms with Crippen LogP contribution in [-0.4, -0.2) is 62.4 Å². The van der Waals surface area contributed by atoms with Crippen molar-refractivity contribution in [3.63, 3.8) is 0 Å².